The monoisotopic (exact) mass is 540 g/mol. The Morgan fingerprint density at radius 2 is 0.625 bits per heavy atom. The number of Topliss-reactive ketones (excluding diaryl/α,β-unsaturated/α-hetero) is 2. The van der Waals surface area contributed by atoms with Crippen LogP contribution in [0.4, 0.5) is 11.4 Å². The number of hydrogen-bond donors (Lipinski definition) is 2. The fourth-order valence-corrected chi connectivity index (χ4v) is 6.46. The summed E-state index contributed by atoms with van der Waals surface area (Å²) in [7, 11) is 0. The zero-order valence-electron chi connectivity index (χ0n) is 26.8. The number of nitrogens with two attached hydrogens (primary N) is 2. The van der Waals surface area contributed by atoms with Gasteiger partial charge in [0.05, 0.1) is 0 Å². The first kappa shape index (κ1) is 31.1. The molecule has 0 heterocycles. The molecular formula is C36H48N2O2. The molecule has 0 bridgehead atoms. The van der Waals surface area contributed by atoms with Crippen molar-refractivity contribution >= 4 is 22.9 Å². The van der Waals surface area contributed by atoms with Gasteiger partial charge < -0.3 is 11.5 Å². The minimum atomic E-state index is 0.130. The lowest BCUT2D eigenvalue weighted by Gasteiger charge is -2.21. The fraction of sp³-hybridized carbons (Fsp3) is 0.444. The van der Waals surface area contributed by atoms with Gasteiger partial charge in [0, 0.05) is 35.3 Å². The standard InChI is InChI=1S/C36H48N2O2/c1-17-25(9)35(37)26(10)18(2)29(17)13-15-31(39)33-21(5)23(7)34(24(8)22(33)6)32(40)16-14-30-19(3)27(11)36(38)28(12)20(30)4/h13-16,37-38H2,1-12H3. The molecule has 0 amide bonds. The normalized spacial score (nSPS) is 11.3. The predicted octanol–water partition coefficient (Wildman–Crippen LogP) is 8.18. The van der Waals surface area contributed by atoms with Crippen molar-refractivity contribution in [2.75, 3.05) is 11.5 Å². The third kappa shape index (κ3) is 5.21. The van der Waals surface area contributed by atoms with Gasteiger partial charge >= 0.3 is 0 Å². The Labute approximate surface area is 241 Å². The van der Waals surface area contributed by atoms with E-state index in [2.05, 4.69) is 55.4 Å². The quantitative estimate of drug-likeness (QED) is 0.223. The largest absolute Gasteiger partial charge is 0.398 e. The second kappa shape index (κ2) is 11.6. The van der Waals surface area contributed by atoms with Crippen LogP contribution in [0.15, 0.2) is 0 Å². The van der Waals surface area contributed by atoms with Crippen molar-refractivity contribution in [3.63, 3.8) is 0 Å². The summed E-state index contributed by atoms with van der Waals surface area (Å²) in [6, 6.07) is 0. The molecule has 4 heteroatoms. The molecule has 0 aliphatic rings. The Balaban J connectivity index is 1.91. The van der Waals surface area contributed by atoms with E-state index in [1.165, 1.54) is 33.4 Å². The van der Waals surface area contributed by atoms with Crippen molar-refractivity contribution in [3.8, 4) is 0 Å². The lowest BCUT2D eigenvalue weighted by Crippen LogP contribution is -2.16. The minimum Gasteiger partial charge on any atom is -0.398 e. The van der Waals surface area contributed by atoms with Crippen LogP contribution >= 0.6 is 0 Å². The van der Waals surface area contributed by atoms with Crippen molar-refractivity contribution in [3.05, 3.63) is 89.0 Å². The number of nitrogen functional groups attached to an aromatic ring is 2. The van der Waals surface area contributed by atoms with Crippen LogP contribution in [0.1, 0.15) is 111 Å². The van der Waals surface area contributed by atoms with Crippen molar-refractivity contribution in [1.29, 1.82) is 0 Å². The first-order chi connectivity index (χ1) is 18.5. The molecule has 3 aromatic carbocycles. The van der Waals surface area contributed by atoms with Gasteiger partial charge in [0.1, 0.15) is 0 Å². The van der Waals surface area contributed by atoms with Crippen LogP contribution in [0.2, 0.25) is 0 Å². The molecule has 0 radical (unpaired) electrons. The Hall–Kier alpha value is -3.40. The first-order valence-corrected chi connectivity index (χ1v) is 14.4. The van der Waals surface area contributed by atoms with E-state index in [0.717, 1.165) is 67.0 Å². The molecule has 40 heavy (non-hydrogen) atoms. The molecule has 0 aliphatic carbocycles. The molecule has 0 saturated carbocycles. The maximum atomic E-state index is 13.7. The SMILES string of the molecule is Cc1c(C)c(CCC(=O)c2c(C)c(C)c(C(=O)CCc3c(C)c(C)c(N)c(C)c3C)c(C)c2C)c(C)c(C)c1N. The van der Waals surface area contributed by atoms with Crippen LogP contribution in [0, 0.1) is 83.1 Å². The summed E-state index contributed by atoms with van der Waals surface area (Å²) in [5.74, 6) is 0.260. The van der Waals surface area contributed by atoms with E-state index >= 15 is 0 Å². The third-order valence-corrected chi connectivity index (χ3v) is 10.1. The maximum absolute atomic E-state index is 13.7. The van der Waals surface area contributed by atoms with E-state index in [9.17, 15) is 9.59 Å². The van der Waals surface area contributed by atoms with Crippen LogP contribution in [0.5, 0.6) is 0 Å². The zero-order valence-corrected chi connectivity index (χ0v) is 26.8. The van der Waals surface area contributed by atoms with Gasteiger partial charge in [-0.2, -0.15) is 0 Å². The average molecular weight is 541 g/mol. The molecule has 0 saturated heterocycles. The molecule has 214 valence electrons. The number of anilines is 2. The van der Waals surface area contributed by atoms with Gasteiger partial charge in [0.15, 0.2) is 11.6 Å². The molecule has 4 N–H and O–H groups in total. The molecule has 0 unspecified atom stereocenters. The Bertz CT molecular complexity index is 1350. The van der Waals surface area contributed by atoms with Gasteiger partial charge in [0.25, 0.3) is 0 Å². The van der Waals surface area contributed by atoms with Crippen LogP contribution in [0.25, 0.3) is 0 Å². The number of carbonyl (C=O) groups excluding carboxylic acids is 2. The molecule has 0 aromatic heterocycles. The predicted molar refractivity (Wildman–Crippen MR) is 170 cm³/mol. The summed E-state index contributed by atoms with van der Waals surface area (Å²) in [5, 5.41) is 0. The number of rotatable bonds is 8. The van der Waals surface area contributed by atoms with Crippen LogP contribution in [0.3, 0.4) is 0 Å². The lowest BCUT2D eigenvalue weighted by atomic mass is 9.82. The molecule has 0 spiro atoms. The average Bonchev–Trinajstić information content (AvgIpc) is 2.92. The topological polar surface area (TPSA) is 86.2 Å². The highest BCUT2D eigenvalue weighted by Gasteiger charge is 2.24. The first-order valence-electron chi connectivity index (χ1n) is 14.4. The molecule has 3 aromatic rings. The van der Waals surface area contributed by atoms with Crippen LogP contribution < -0.4 is 11.5 Å². The number of carbonyl (C=O) groups is 2. The van der Waals surface area contributed by atoms with Gasteiger partial charge in [-0.25, -0.2) is 0 Å². The maximum Gasteiger partial charge on any atom is 0.163 e. The molecular weight excluding hydrogens is 492 g/mol. The number of hydrogen-bond acceptors (Lipinski definition) is 4. The molecule has 0 aliphatic heterocycles. The highest BCUT2D eigenvalue weighted by Crippen LogP contribution is 2.33. The second-order valence-corrected chi connectivity index (χ2v) is 11.9. The smallest absolute Gasteiger partial charge is 0.163 e. The fourth-order valence-electron chi connectivity index (χ4n) is 6.46. The van der Waals surface area contributed by atoms with E-state index in [-0.39, 0.29) is 11.6 Å². The van der Waals surface area contributed by atoms with Crippen LogP contribution in [-0.4, -0.2) is 11.6 Å². The molecule has 3 rings (SSSR count). The summed E-state index contributed by atoms with van der Waals surface area (Å²) >= 11 is 0. The van der Waals surface area contributed by atoms with E-state index in [1.54, 1.807) is 0 Å². The van der Waals surface area contributed by atoms with Gasteiger partial charge in [-0.3, -0.25) is 9.59 Å². The summed E-state index contributed by atoms with van der Waals surface area (Å²) in [5.41, 5.74) is 31.0. The van der Waals surface area contributed by atoms with E-state index < -0.39 is 0 Å². The number of benzene rings is 3. The molecule has 0 atom stereocenters. The Morgan fingerprint density at radius 3 is 0.850 bits per heavy atom. The van der Waals surface area contributed by atoms with Crippen molar-refractivity contribution in [2.24, 2.45) is 0 Å². The molecule has 4 nitrogen and oxygen atoms in total. The van der Waals surface area contributed by atoms with Gasteiger partial charge in [-0.1, -0.05) is 0 Å². The minimum absolute atomic E-state index is 0.130. The van der Waals surface area contributed by atoms with E-state index in [0.29, 0.717) is 25.7 Å². The van der Waals surface area contributed by atoms with Crippen LogP contribution in [-0.2, 0) is 12.8 Å². The van der Waals surface area contributed by atoms with Gasteiger partial charge in [0.2, 0.25) is 0 Å². The summed E-state index contributed by atoms with van der Waals surface area (Å²) in [4.78, 5) is 27.3. The Kier molecular flexibility index (Phi) is 9.03. The molecule has 0 fully saturated rings. The summed E-state index contributed by atoms with van der Waals surface area (Å²) in [6.07, 6.45) is 2.20. The van der Waals surface area contributed by atoms with Gasteiger partial charge in [-0.15, -0.1) is 0 Å². The highest BCUT2D eigenvalue weighted by molar-refractivity contribution is 6.04. The lowest BCUT2D eigenvalue weighted by molar-refractivity contribution is 0.0969. The van der Waals surface area contributed by atoms with E-state index in [1.807, 2.05) is 27.7 Å². The highest BCUT2D eigenvalue weighted by atomic mass is 16.1. The summed E-state index contributed by atoms with van der Waals surface area (Å²) in [6.45, 7) is 24.5. The zero-order chi connectivity index (χ0) is 30.4. The van der Waals surface area contributed by atoms with E-state index in [4.69, 9.17) is 11.5 Å². The van der Waals surface area contributed by atoms with Gasteiger partial charge in [-0.05, 0) is 174 Å². The second-order valence-electron chi connectivity index (χ2n) is 11.9. The van der Waals surface area contributed by atoms with Crippen molar-refractivity contribution in [1.82, 2.24) is 0 Å². The third-order valence-electron chi connectivity index (χ3n) is 10.1. The summed E-state index contributed by atoms with van der Waals surface area (Å²) < 4.78 is 0. The van der Waals surface area contributed by atoms with Crippen molar-refractivity contribution < 1.29 is 9.59 Å². The number of ketones is 2. The van der Waals surface area contributed by atoms with Crippen molar-refractivity contribution in [2.45, 2.75) is 109 Å². The Morgan fingerprint density at radius 1 is 0.400 bits per heavy atom.